The summed E-state index contributed by atoms with van der Waals surface area (Å²) in [6, 6.07) is 8.02. The van der Waals surface area contributed by atoms with Gasteiger partial charge in [0.25, 0.3) is 5.56 Å². The van der Waals surface area contributed by atoms with Crippen LogP contribution in [0.15, 0.2) is 39.0 Å². The first-order chi connectivity index (χ1) is 13.3. The summed E-state index contributed by atoms with van der Waals surface area (Å²) in [4.78, 5) is 40.8. The molecule has 148 valence electrons. The Morgan fingerprint density at radius 2 is 1.75 bits per heavy atom. The third-order valence-electron chi connectivity index (χ3n) is 4.59. The van der Waals surface area contributed by atoms with Crippen LogP contribution in [0, 0.1) is 6.92 Å². The van der Waals surface area contributed by atoms with E-state index in [-0.39, 0.29) is 11.4 Å². The molecule has 0 fully saturated rings. The highest BCUT2D eigenvalue weighted by molar-refractivity contribution is 7.99. The van der Waals surface area contributed by atoms with Crippen LogP contribution in [-0.4, -0.2) is 30.3 Å². The van der Waals surface area contributed by atoms with Crippen LogP contribution in [0.4, 0.5) is 0 Å². The highest BCUT2D eigenvalue weighted by Gasteiger charge is 2.17. The van der Waals surface area contributed by atoms with Crippen LogP contribution in [0.2, 0.25) is 0 Å². The minimum atomic E-state index is -0.420. The molecule has 1 aromatic carbocycles. The van der Waals surface area contributed by atoms with Crippen molar-refractivity contribution in [2.75, 3.05) is 5.75 Å². The summed E-state index contributed by atoms with van der Waals surface area (Å²) in [5, 5.41) is 3.50. The van der Waals surface area contributed by atoms with Crippen molar-refractivity contribution < 1.29 is 4.79 Å². The minimum absolute atomic E-state index is 0.0462. The largest absolute Gasteiger partial charge is 0.352 e. The van der Waals surface area contributed by atoms with Gasteiger partial charge in [-0.25, -0.2) is 9.78 Å². The Bertz CT molecular complexity index is 1140. The maximum atomic E-state index is 12.3. The van der Waals surface area contributed by atoms with Crippen molar-refractivity contribution in [3.05, 3.63) is 56.2 Å². The van der Waals surface area contributed by atoms with E-state index in [1.807, 2.05) is 31.2 Å². The van der Waals surface area contributed by atoms with Crippen LogP contribution in [0.3, 0.4) is 0 Å². The summed E-state index contributed by atoms with van der Waals surface area (Å²) >= 11 is 1.38. The van der Waals surface area contributed by atoms with Gasteiger partial charge in [-0.1, -0.05) is 41.6 Å². The number of carbonyl (C=O) groups is 1. The molecule has 0 spiro atoms. The second kappa shape index (κ2) is 8.05. The van der Waals surface area contributed by atoms with Crippen LogP contribution in [-0.2, 0) is 32.5 Å². The number of carbonyl (C=O) groups excluding carboxylic acids is 1. The molecule has 0 radical (unpaired) electrons. The molecule has 3 aromatic rings. The van der Waals surface area contributed by atoms with Gasteiger partial charge in [-0.05, 0) is 12.5 Å². The lowest BCUT2D eigenvalue weighted by molar-refractivity contribution is -0.120. The Kier molecular flexibility index (Phi) is 5.73. The zero-order chi connectivity index (χ0) is 20.4. The molecule has 0 aliphatic carbocycles. The minimum Gasteiger partial charge on any atom is -0.352 e. The zero-order valence-corrected chi connectivity index (χ0v) is 17.2. The smallest absolute Gasteiger partial charge is 0.332 e. The van der Waals surface area contributed by atoms with Crippen LogP contribution in [0.1, 0.15) is 17.5 Å². The van der Waals surface area contributed by atoms with Crippen molar-refractivity contribution in [2.45, 2.75) is 25.0 Å². The Hall–Kier alpha value is -2.81. The monoisotopic (exact) mass is 401 g/mol. The summed E-state index contributed by atoms with van der Waals surface area (Å²) in [7, 11) is 4.80. The zero-order valence-electron chi connectivity index (χ0n) is 16.4. The van der Waals surface area contributed by atoms with Gasteiger partial charge in [0.1, 0.15) is 0 Å². The van der Waals surface area contributed by atoms with Crippen LogP contribution < -0.4 is 16.6 Å². The van der Waals surface area contributed by atoms with Gasteiger partial charge in [-0.3, -0.25) is 18.7 Å². The standard InChI is InChI=1S/C19H23N5O3S/c1-12-5-7-13(8-6-12)11-20-14(25)9-10-28-18-21-15-16(22(18)2)23(3)19(27)24(4)17(15)26/h5-8H,9-11H2,1-4H3,(H,20,25). The lowest BCUT2D eigenvalue weighted by Gasteiger charge is -2.07. The SMILES string of the molecule is Cc1ccc(CNC(=O)CCSc2nc3c(=O)n(C)c(=O)n(C)c3n2C)cc1. The molecule has 0 saturated heterocycles. The predicted molar refractivity (Wildman–Crippen MR) is 110 cm³/mol. The van der Waals surface area contributed by atoms with Gasteiger partial charge in [0.15, 0.2) is 16.3 Å². The average molecular weight is 401 g/mol. The number of nitrogens with zero attached hydrogens (tertiary/aromatic N) is 4. The number of imidazole rings is 1. The molecule has 2 aromatic heterocycles. The van der Waals surface area contributed by atoms with Crippen molar-refractivity contribution in [2.24, 2.45) is 21.1 Å². The number of rotatable bonds is 6. The van der Waals surface area contributed by atoms with Gasteiger partial charge in [-0.2, -0.15) is 0 Å². The van der Waals surface area contributed by atoms with E-state index in [1.54, 1.807) is 18.7 Å². The Labute approximate surface area is 166 Å². The first-order valence-electron chi connectivity index (χ1n) is 8.87. The topological polar surface area (TPSA) is 90.9 Å². The fourth-order valence-corrected chi connectivity index (χ4v) is 3.82. The second-order valence-electron chi connectivity index (χ2n) is 6.69. The highest BCUT2D eigenvalue weighted by atomic mass is 32.2. The molecule has 1 amide bonds. The number of amides is 1. The molecule has 0 unspecified atom stereocenters. The molecule has 0 aliphatic heterocycles. The number of hydrogen-bond donors (Lipinski definition) is 1. The maximum Gasteiger partial charge on any atom is 0.332 e. The highest BCUT2D eigenvalue weighted by Crippen LogP contribution is 2.20. The third kappa shape index (κ3) is 3.89. The first-order valence-corrected chi connectivity index (χ1v) is 9.85. The second-order valence-corrected chi connectivity index (χ2v) is 7.75. The van der Waals surface area contributed by atoms with Crippen molar-refractivity contribution in [3.8, 4) is 0 Å². The van der Waals surface area contributed by atoms with Gasteiger partial charge in [-0.15, -0.1) is 0 Å². The fourth-order valence-electron chi connectivity index (χ4n) is 2.92. The molecule has 8 nitrogen and oxygen atoms in total. The van der Waals surface area contributed by atoms with Crippen LogP contribution in [0.5, 0.6) is 0 Å². The van der Waals surface area contributed by atoms with E-state index in [1.165, 1.54) is 28.9 Å². The van der Waals surface area contributed by atoms with E-state index in [0.29, 0.717) is 29.5 Å². The van der Waals surface area contributed by atoms with E-state index >= 15 is 0 Å². The quantitative estimate of drug-likeness (QED) is 0.624. The molecule has 0 saturated carbocycles. The molecule has 0 bridgehead atoms. The fraction of sp³-hybridized carbons (Fsp3) is 0.368. The number of aromatic nitrogens is 4. The van der Waals surface area contributed by atoms with Gasteiger partial charge < -0.3 is 9.88 Å². The van der Waals surface area contributed by atoms with Crippen molar-refractivity contribution in [3.63, 3.8) is 0 Å². The van der Waals surface area contributed by atoms with Crippen molar-refractivity contribution >= 4 is 28.8 Å². The molecule has 2 heterocycles. The molecular formula is C19H23N5O3S. The van der Waals surface area contributed by atoms with Crippen molar-refractivity contribution in [1.29, 1.82) is 0 Å². The Morgan fingerprint density at radius 1 is 1.07 bits per heavy atom. The van der Waals surface area contributed by atoms with Gasteiger partial charge in [0.2, 0.25) is 5.91 Å². The van der Waals surface area contributed by atoms with Gasteiger partial charge in [0, 0.05) is 39.9 Å². The predicted octanol–water partition coefficient (Wildman–Crippen LogP) is 1.08. The molecule has 28 heavy (non-hydrogen) atoms. The van der Waals surface area contributed by atoms with E-state index in [2.05, 4.69) is 10.3 Å². The number of aryl methyl sites for hydroxylation is 3. The summed E-state index contributed by atoms with van der Waals surface area (Å²) < 4.78 is 4.16. The number of fused-ring (bicyclic) bond motifs is 1. The van der Waals surface area contributed by atoms with E-state index in [9.17, 15) is 14.4 Å². The number of hydrogen-bond acceptors (Lipinski definition) is 5. The van der Waals surface area contributed by atoms with Crippen molar-refractivity contribution in [1.82, 2.24) is 24.0 Å². The average Bonchev–Trinajstić information content (AvgIpc) is 3.01. The summed E-state index contributed by atoms with van der Waals surface area (Å²) in [5.74, 6) is 0.473. The maximum absolute atomic E-state index is 12.3. The summed E-state index contributed by atoms with van der Waals surface area (Å²) in [6.07, 6.45) is 0.330. The summed E-state index contributed by atoms with van der Waals surface area (Å²) in [6.45, 7) is 2.52. The molecule has 1 N–H and O–H groups in total. The number of benzene rings is 1. The van der Waals surface area contributed by atoms with Crippen LogP contribution in [0.25, 0.3) is 11.2 Å². The van der Waals surface area contributed by atoms with Crippen LogP contribution >= 0.6 is 11.8 Å². The normalized spacial score (nSPS) is 11.1. The molecular weight excluding hydrogens is 378 g/mol. The van der Waals surface area contributed by atoms with E-state index < -0.39 is 11.2 Å². The summed E-state index contributed by atoms with van der Waals surface area (Å²) in [5.41, 5.74) is 2.14. The lowest BCUT2D eigenvalue weighted by Crippen LogP contribution is -2.37. The number of thioether (sulfide) groups is 1. The molecule has 3 rings (SSSR count). The Morgan fingerprint density at radius 3 is 2.43 bits per heavy atom. The lowest BCUT2D eigenvalue weighted by atomic mass is 10.1. The van der Waals surface area contributed by atoms with Gasteiger partial charge in [0.05, 0.1) is 0 Å². The third-order valence-corrected chi connectivity index (χ3v) is 5.62. The molecule has 0 aliphatic rings. The molecule has 0 atom stereocenters. The van der Waals surface area contributed by atoms with Gasteiger partial charge >= 0.3 is 5.69 Å². The molecule has 9 heteroatoms. The first kappa shape index (κ1) is 19.9. The van der Waals surface area contributed by atoms with E-state index in [4.69, 9.17) is 0 Å². The van der Waals surface area contributed by atoms with E-state index in [0.717, 1.165) is 10.1 Å². The Balaban J connectivity index is 1.63. The number of nitrogens with one attached hydrogen (secondary N) is 1.